The Morgan fingerprint density at radius 3 is 2.37 bits per heavy atom. The molecule has 158 valence electrons. The Balaban J connectivity index is 1.49. The average Bonchev–Trinajstić information content (AvgIpc) is 3.25. The van der Waals surface area contributed by atoms with Gasteiger partial charge in [-0.25, -0.2) is 0 Å². The lowest BCUT2D eigenvalue weighted by Crippen LogP contribution is -2.47. The molecule has 30 heavy (non-hydrogen) atoms. The Bertz CT molecular complexity index is 896. The third-order valence-electron chi connectivity index (χ3n) is 4.81. The molecule has 1 aliphatic rings. The Kier molecular flexibility index (Phi) is 7.03. The van der Waals surface area contributed by atoms with Gasteiger partial charge in [-0.05, 0) is 36.8 Å². The highest BCUT2D eigenvalue weighted by molar-refractivity contribution is 6.35. The quantitative estimate of drug-likeness (QED) is 0.697. The summed E-state index contributed by atoms with van der Waals surface area (Å²) in [5.74, 6) is -1.06. The fourth-order valence-corrected chi connectivity index (χ4v) is 3.05. The third kappa shape index (κ3) is 5.36. The maximum atomic E-state index is 12.7. The molecule has 1 atom stereocenters. The topological polar surface area (TPSA) is 97.0 Å². The number of hydrogen-bond acceptors (Lipinski definition) is 5. The largest absolute Gasteiger partial charge is 0.497 e. The summed E-state index contributed by atoms with van der Waals surface area (Å²) in [5.41, 5.74) is 2.51. The number of hydrogen-bond donors (Lipinski definition) is 2. The molecule has 0 saturated carbocycles. The molecule has 1 aliphatic heterocycles. The first-order chi connectivity index (χ1) is 14.5. The van der Waals surface area contributed by atoms with Crippen LogP contribution in [-0.2, 0) is 20.9 Å². The van der Waals surface area contributed by atoms with Crippen LogP contribution < -0.4 is 15.4 Å². The lowest BCUT2D eigenvalue weighted by molar-refractivity contribution is -0.139. The van der Waals surface area contributed by atoms with E-state index in [1.54, 1.807) is 31.4 Å². The molecule has 2 aromatic rings. The number of aryl methyl sites for hydroxylation is 1. The van der Waals surface area contributed by atoms with Crippen LogP contribution in [0.15, 0.2) is 48.5 Å². The molecule has 0 radical (unpaired) electrons. The summed E-state index contributed by atoms with van der Waals surface area (Å²) < 4.78 is 10.7. The molecular formula is C22H25N3O5. The number of ether oxygens (including phenoxy) is 2. The summed E-state index contributed by atoms with van der Waals surface area (Å²) in [5, 5.41) is 5.11. The number of nitrogens with one attached hydrogen (secondary N) is 2. The number of methoxy groups -OCH3 is 1. The minimum absolute atomic E-state index is 0.0265. The first-order valence-electron chi connectivity index (χ1n) is 9.66. The zero-order valence-electron chi connectivity index (χ0n) is 17.0. The van der Waals surface area contributed by atoms with E-state index in [-0.39, 0.29) is 19.0 Å². The van der Waals surface area contributed by atoms with Crippen molar-refractivity contribution in [2.45, 2.75) is 19.7 Å². The Labute approximate surface area is 175 Å². The number of rotatable bonds is 6. The van der Waals surface area contributed by atoms with E-state index in [0.717, 1.165) is 11.1 Å². The van der Waals surface area contributed by atoms with Crippen LogP contribution in [0.3, 0.4) is 0 Å². The van der Waals surface area contributed by atoms with E-state index >= 15 is 0 Å². The number of carbonyl (C=O) groups is 3. The molecule has 3 amide bonds. The Hall–Kier alpha value is -3.39. The summed E-state index contributed by atoms with van der Waals surface area (Å²) in [7, 11) is 1.56. The Morgan fingerprint density at radius 2 is 1.70 bits per heavy atom. The van der Waals surface area contributed by atoms with Gasteiger partial charge in [-0.3, -0.25) is 14.4 Å². The molecule has 8 heteroatoms. The molecule has 1 heterocycles. The highest BCUT2D eigenvalue weighted by Gasteiger charge is 2.31. The zero-order chi connectivity index (χ0) is 21.5. The molecule has 8 nitrogen and oxygen atoms in total. The molecule has 3 rings (SSSR count). The predicted octanol–water partition coefficient (Wildman–Crippen LogP) is 1.23. The molecule has 1 fully saturated rings. The van der Waals surface area contributed by atoms with Gasteiger partial charge in [-0.15, -0.1) is 0 Å². The van der Waals surface area contributed by atoms with Gasteiger partial charge in [0.1, 0.15) is 12.0 Å². The standard InChI is InChI=1S/C22H25N3O5/c1-15-3-5-16(6-4-15)13-23-20(26)21(27)24-14-19-25(11-12-30-19)22(28)17-7-9-18(29-2)10-8-17/h3-10,19H,11-14H2,1-2H3,(H,23,26)(H,24,27)/t19-/m0/s1. The van der Waals surface area contributed by atoms with Crippen LogP contribution in [-0.4, -0.2) is 55.7 Å². The van der Waals surface area contributed by atoms with Crippen molar-refractivity contribution in [2.75, 3.05) is 26.8 Å². The van der Waals surface area contributed by atoms with Gasteiger partial charge in [-0.2, -0.15) is 0 Å². The molecule has 0 bridgehead atoms. The van der Waals surface area contributed by atoms with Crippen LogP contribution in [0.1, 0.15) is 21.5 Å². The van der Waals surface area contributed by atoms with Crippen molar-refractivity contribution in [2.24, 2.45) is 0 Å². The van der Waals surface area contributed by atoms with Crippen LogP contribution in [0.5, 0.6) is 5.75 Å². The number of nitrogens with zero attached hydrogens (tertiary/aromatic N) is 1. The molecule has 0 aromatic heterocycles. The molecule has 2 N–H and O–H groups in total. The number of amides is 3. The van der Waals surface area contributed by atoms with E-state index in [2.05, 4.69) is 10.6 Å². The Morgan fingerprint density at radius 1 is 1.03 bits per heavy atom. The normalized spacial score (nSPS) is 15.5. The second-order valence-corrected chi connectivity index (χ2v) is 6.93. The highest BCUT2D eigenvalue weighted by Crippen LogP contribution is 2.17. The maximum absolute atomic E-state index is 12.7. The van der Waals surface area contributed by atoms with Crippen molar-refractivity contribution < 1.29 is 23.9 Å². The summed E-state index contributed by atoms with van der Waals surface area (Å²) >= 11 is 0. The smallest absolute Gasteiger partial charge is 0.309 e. The van der Waals surface area contributed by atoms with Crippen molar-refractivity contribution >= 4 is 17.7 Å². The lowest BCUT2D eigenvalue weighted by Gasteiger charge is -2.23. The fourth-order valence-electron chi connectivity index (χ4n) is 3.05. The highest BCUT2D eigenvalue weighted by atomic mass is 16.5. The molecule has 0 unspecified atom stereocenters. The van der Waals surface area contributed by atoms with Gasteiger partial charge in [0.15, 0.2) is 0 Å². The minimum atomic E-state index is -0.769. The number of benzene rings is 2. The average molecular weight is 411 g/mol. The summed E-state index contributed by atoms with van der Waals surface area (Å²) in [6.45, 7) is 3.03. The van der Waals surface area contributed by atoms with Crippen LogP contribution in [0.2, 0.25) is 0 Å². The predicted molar refractivity (Wildman–Crippen MR) is 110 cm³/mol. The van der Waals surface area contributed by atoms with E-state index in [1.165, 1.54) is 4.90 Å². The van der Waals surface area contributed by atoms with Gasteiger partial charge < -0.3 is 25.0 Å². The first kappa shape index (κ1) is 21.3. The molecule has 0 spiro atoms. The monoisotopic (exact) mass is 411 g/mol. The molecule has 1 saturated heterocycles. The fraction of sp³-hybridized carbons (Fsp3) is 0.318. The van der Waals surface area contributed by atoms with Crippen molar-refractivity contribution in [3.8, 4) is 5.75 Å². The van der Waals surface area contributed by atoms with Crippen LogP contribution in [0.25, 0.3) is 0 Å². The van der Waals surface area contributed by atoms with E-state index in [9.17, 15) is 14.4 Å². The summed E-state index contributed by atoms with van der Waals surface area (Å²) in [6, 6.07) is 14.4. The van der Waals surface area contributed by atoms with Gasteiger partial charge in [0.2, 0.25) is 0 Å². The van der Waals surface area contributed by atoms with E-state index in [0.29, 0.717) is 24.5 Å². The minimum Gasteiger partial charge on any atom is -0.497 e. The SMILES string of the molecule is COc1ccc(C(=O)N2CCO[C@H]2CNC(=O)C(=O)NCc2ccc(C)cc2)cc1. The van der Waals surface area contributed by atoms with Gasteiger partial charge in [-0.1, -0.05) is 29.8 Å². The number of carbonyl (C=O) groups excluding carboxylic acids is 3. The second-order valence-electron chi connectivity index (χ2n) is 6.93. The third-order valence-corrected chi connectivity index (χ3v) is 4.81. The van der Waals surface area contributed by atoms with E-state index in [4.69, 9.17) is 9.47 Å². The van der Waals surface area contributed by atoms with Crippen molar-refractivity contribution in [1.82, 2.24) is 15.5 Å². The second kappa shape index (κ2) is 9.89. The lowest BCUT2D eigenvalue weighted by atomic mass is 10.1. The van der Waals surface area contributed by atoms with Crippen LogP contribution in [0.4, 0.5) is 0 Å². The van der Waals surface area contributed by atoms with Crippen LogP contribution >= 0.6 is 0 Å². The van der Waals surface area contributed by atoms with E-state index < -0.39 is 18.0 Å². The van der Waals surface area contributed by atoms with Crippen molar-refractivity contribution in [3.63, 3.8) is 0 Å². The van der Waals surface area contributed by atoms with Crippen LogP contribution in [0, 0.1) is 6.92 Å². The maximum Gasteiger partial charge on any atom is 0.309 e. The molecule has 2 aromatic carbocycles. The molecule has 0 aliphatic carbocycles. The first-order valence-corrected chi connectivity index (χ1v) is 9.66. The summed E-state index contributed by atoms with van der Waals surface area (Å²) in [6.07, 6.45) is -0.631. The summed E-state index contributed by atoms with van der Waals surface area (Å²) in [4.78, 5) is 38.4. The van der Waals surface area contributed by atoms with Crippen molar-refractivity contribution in [3.05, 3.63) is 65.2 Å². The van der Waals surface area contributed by atoms with Gasteiger partial charge in [0.25, 0.3) is 5.91 Å². The van der Waals surface area contributed by atoms with Crippen molar-refractivity contribution in [1.29, 1.82) is 0 Å². The van der Waals surface area contributed by atoms with E-state index in [1.807, 2.05) is 31.2 Å². The zero-order valence-corrected chi connectivity index (χ0v) is 17.0. The van der Waals surface area contributed by atoms with Gasteiger partial charge >= 0.3 is 11.8 Å². The van der Waals surface area contributed by atoms with Gasteiger partial charge in [0, 0.05) is 18.7 Å². The van der Waals surface area contributed by atoms with Gasteiger partial charge in [0.05, 0.1) is 20.3 Å². The molecular weight excluding hydrogens is 386 g/mol.